The van der Waals surface area contributed by atoms with Crippen LogP contribution in [0.4, 0.5) is 4.39 Å². The van der Waals surface area contributed by atoms with E-state index in [9.17, 15) is 14.0 Å². The van der Waals surface area contributed by atoms with Gasteiger partial charge in [-0.3, -0.25) is 9.59 Å². The molecule has 0 spiro atoms. The molecule has 3 N–H and O–H groups in total. The van der Waals surface area contributed by atoms with Crippen molar-refractivity contribution in [3.63, 3.8) is 0 Å². The Bertz CT molecular complexity index is 615. The molecular weight excluding hydrogens is 299 g/mol. The van der Waals surface area contributed by atoms with E-state index in [4.69, 9.17) is 22.1 Å². The van der Waals surface area contributed by atoms with Crippen LogP contribution in [0, 0.1) is 11.2 Å². The van der Waals surface area contributed by atoms with E-state index < -0.39 is 11.2 Å². The number of carbonyl (C=O) groups is 2. The average molecular weight is 313 g/mol. The number of nitrogens with two attached hydrogens (primary N) is 1. The van der Waals surface area contributed by atoms with E-state index in [2.05, 4.69) is 5.32 Å². The van der Waals surface area contributed by atoms with Crippen molar-refractivity contribution in [1.29, 1.82) is 0 Å². The smallest absolute Gasteiger partial charge is 0.258 e. The Labute approximate surface area is 125 Å². The van der Waals surface area contributed by atoms with Gasteiger partial charge in [0.05, 0.1) is 10.4 Å². The first-order valence-electron chi connectivity index (χ1n) is 6.53. The van der Waals surface area contributed by atoms with E-state index in [1.54, 1.807) is 0 Å². The molecule has 0 radical (unpaired) electrons. The number of hydrogen-bond acceptors (Lipinski definition) is 3. The number of halogens is 2. The van der Waals surface area contributed by atoms with E-state index >= 15 is 0 Å². The molecule has 0 aliphatic heterocycles. The summed E-state index contributed by atoms with van der Waals surface area (Å²) in [5.41, 5.74) is 4.58. The molecule has 0 atom stereocenters. The van der Waals surface area contributed by atoms with Gasteiger partial charge >= 0.3 is 0 Å². The molecule has 2 amide bonds. The summed E-state index contributed by atoms with van der Waals surface area (Å²) in [6, 6.07) is 3.97. The van der Waals surface area contributed by atoms with Crippen molar-refractivity contribution in [1.82, 2.24) is 5.32 Å². The Morgan fingerprint density at radius 2 is 2.05 bits per heavy atom. The van der Waals surface area contributed by atoms with Gasteiger partial charge in [-0.1, -0.05) is 11.6 Å². The molecular formula is C14H14ClFN2O3. The van der Waals surface area contributed by atoms with Crippen molar-refractivity contribution in [3.8, 4) is 5.75 Å². The zero-order valence-corrected chi connectivity index (χ0v) is 11.9. The summed E-state index contributed by atoms with van der Waals surface area (Å²) in [4.78, 5) is 23.0. The first-order valence-corrected chi connectivity index (χ1v) is 6.91. The zero-order chi connectivity index (χ0) is 15.3. The molecule has 3 aliphatic rings. The quantitative estimate of drug-likeness (QED) is 0.862. The highest BCUT2D eigenvalue weighted by atomic mass is 35.5. The SMILES string of the molecule is NC(=O)C12CC(NC(=O)COc3ccc(Cl)c(F)c3)(C1)C2. The highest BCUT2D eigenvalue weighted by Gasteiger charge is 2.71. The summed E-state index contributed by atoms with van der Waals surface area (Å²) in [7, 11) is 0. The zero-order valence-electron chi connectivity index (χ0n) is 11.1. The fraction of sp³-hybridized carbons (Fsp3) is 0.429. The monoisotopic (exact) mass is 312 g/mol. The highest BCUT2D eigenvalue weighted by molar-refractivity contribution is 6.30. The van der Waals surface area contributed by atoms with Crippen molar-refractivity contribution in [2.75, 3.05) is 6.61 Å². The van der Waals surface area contributed by atoms with Gasteiger partial charge in [0.1, 0.15) is 11.6 Å². The second kappa shape index (κ2) is 4.59. The third-order valence-corrected chi connectivity index (χ3v) is 4.53. The van der Waals surface area contributed by atoms with Crippen LogP contribution in [0.1, 0.15) is 19.3 Å². The minimum absolute atomic E-state index is 0.00239. The number of amides is 2. The van der Waals surface area contributed by atoms with Crippen LogP contribution in [0.3, 0.4) is 0 Å². The second-order valence-electron chi connectivity index (χ2n) is 5.87. The lowest BCUT2D eigenvalue weighted by atomic mass is 9.39. The summed E-state index contributed by atoms with van der Waals surface area (Å²) < 4.78 is 18.4. The van der Waals surface area contributed by atoms with Crippen LogP contribution >= 0.6 is 11.6 Å². The Balaban J connectivity index is 1.48. The fourth-order valence-electron chi connectivity index (χ4n) is 3.23. The summed E-state index contributed by atoms with van der Waals surface area (Å²) in [6.45, 7) is -0.216. The van der Waals surface area contributed by atoms with Crippen LogP contribution < -0.4 is 15.8 Å². The minimum Gasteiger partial charge on any atom is -0.484 e. The predicted molar refractivity (Wildman–Crippen MR) is 73.3 cm³/mol. The van der Waals surface area contributed by atoms with Gasteiger partial charge in [0, 0.05) is 11.6 Å². The van der Waals surface area contributed by atoms with Crippen molar-refractivity contribution in [2.24, 2.45) is 11.1 Å². The third kappa shape index (κ3) is 2.33. The van der Waals surface area contributed by atoms with Crippen LogP contribution in [0.15, 0.2) is 18.2 Å². The molecule has 21 heavy (non-hydrogen) atoms. The van der Waals surface area contributed by atoms with Crippen LogP contribution in [0.2, 0.25) is 5.02 Å². The molecule has 7 heteroatoms. The number of primary amides is 1. The molecule has 3 aliphatic carbocycles. The van der Waals surface area contributed by atoms with Crippen molar-refractivity contribution in [3.05, 3.63) is 29.0 Å². The van der Waals surface area contributed by atoms with Gasteiger partial charge in [0.25, 0.3) is 5.91 Å². The maximum atomic E-state index is 13.2. The van der Waals surface area contributed by atoms with Gasteiger partial charge in [-0.05, 0) is 31.4 Å². The maximum absolute atomic E-state index is 13.2. The summed E-state index contributed by atoms with van der Waals surface area (Å²) >= 11 is 5.55. The number of carbonyl (C=O) groups excluding carboxylic acids is 2. The number of benzene rings is 1. The van der Waals surface area contributed by atoms with E-state index in [0.717, 1.165) is 6.07 Å². The van der Waals surface area contributed by atoms with Gasteiger partial charge in [-0.2, -0.15) is 0 Å². The summed E-state index contributed by atoms with van der Waals surface area (Å²) in [6.07, 6.45) is 1.78. The normalized spacial score (nSPS) is 29.0. The molecule has 0 unspecified atom stereocenters. The molecule has 5 nitrogen and oxygen atoms in total. The molecule has 4 rings (SSSR count). The topological polar surface area (TPSA) is 81.4 Å². The molecule has 0 saturated heterocycles. The lowest BCUT2D eigenvalue weighted by Gasteiger charge is -2.68. The van der Waals surface area contributed by atoms with E-state index in [1.165, 1.54) is 12.1 Å². The predicted octanol–water partition coefficient (Wildman–Crippen LogP) is 1.38. The molecule has 112 valence electrons. The Morgan fingerprint density at radius 1 is 1.38 bits per heavy atom. The molecule has 3 fully saturated rings. The van der Waals surface area contributed by atoms with E-state index in [1.807, 2.05) is 0 Å². The number of rotatable bonds is 5. The largest absolute Gasteiger partial charge is 0.484 e. The lowest BCUT2D eigenvalue weighted by Crippen LogP contribution is -2.78. The number of ether oxygens (including phenoxy) is 1. The van der Waals surface area contributed by atoms with Crippen LogP contribution in [-0.2, 0) is 9.59 Å². The third-order valence-electron chi connectivity index (χ3n) is 4.22. The van der Waals surface area contributed by atoms with E-state index in [-0.39, 0.29) is 34.7 Å². The Hall–Kier alpha value is -1.82. The van der Waals surface area contributed by atoms with Gasteiger partial charge in [0.15, 0.2) is 6.61 Å². The van der Waals surface area contributed by atoms with Crippen molar-refractivity contribution < 1.29 is 18.7 Å². The molecule has 3 saturated carbocycles. The van der Waals surface area contributed by atoms with Crippen molar-refractivity contribution >= 4 is 23.4 Å². The lowest BCUT2D eigenvalue weighted by molar-refractivity contribution is -0.180. The molecule has 0 aromatic heterocycles. The van der Waals surface area contributed by atoms with Gasteiger partial charge in [-0.15, -0.1) is 0 Å². The Morgan fingerprint density at radius 3 is 2.62 bits per heavy atom. The molecule has 1 aromatic carbocycles. The minimum atomic E-state index is -0.600. The maximum Gasteiger partial charge on any atom is 0.258 e. The van der Waals surface area contributed by atoms with E-state index in [0.29, 0.717) is 19.3 Å². The summed E-state index contributed by atoms with van der Waals surface area (Å²) in [5.74, 6) is -0.967. The number of hydrogen-bond donors (Lipinski definition) is 2. The van der Waals surface area contributed by atoms with Crippen LogP contribution in [0.25, 0.3) is 0 Å². The highest BCUT2D eigenvalue weighted by Crippen LogP contribution is 2.66. The average Bonchev–Trinajstić information content (AvgIpc) is 2.33. The second-order valence-corrected chi connectivity index (χ2v) is 6.28. The Kier molecular flexibility index (Phi) is 3.09. The standard InChI is InChI=1S/C14H14ClFN2O3/c15-9-2-1-8(3-10(9)16)21-4-11(19)18-14-5-13(6-14,7-14)12(17)20/h1-3H,4-7H2,(H2,17,20)(H,18,19). The van der Waals surface area contributed by atoms with Gasteiger partial charge in [0.2, 0.25) is 5.91 Å². The molecule has 0 heterocycles. The number of nitrogens with one attached hydrogen (secondary N) is 1. The fourth-order valence-corrected chi connectivity index (χ4v) is 3.35. The first kappa shape index (κ1) is 14.1. The van der Waals surface area contributed by atoms with Crippen molar-refractivity contribution in [2.45, 2.75) is 24.8 Å². The van der Waals surface area contributed by atoms with Gasteiger partial charge in [-0.25, -0.2) is 4.39 Å². The van der Waals surface area contributed by atoms with Crippen LogP contribution in [0.5, 0.6) is 5.75 Å². The van der Waals surface area contributed by atoms with Gasteiger partial charge < -0.3 is 15.8 Å². The summed E-state index contributed by atoms with van der Waals surface area (Å²) in [5, 5.41) is 2.84. The first-order chi connectivity index (χ1) is 9.84. The van der Waals surface area contributed by atoms with Crippen LogP contribution in [-0.4, -0.2) is 24.0 Å². The molecule has 1 aromatic rings. The molecule has 2 bridgehead atoms.